The molecule has 0 saturated heterocycles. The summed E-state index contributed by atoms with van der Waals surface area (Å²) in [6.45, 7) is 9.33. The average molecular weight is 230 g/mol. The quantitative estimate of drug-likeness (QED) is 0.859. The van der Waals surface area contributed by atoms with Crippen LogP contribution < -0.4 is 10.9 Å². The minimum absolute atomic E-state index is 0.0940. The highest BCUT2D eigenvalue weighted by atomic mass is 16.1. The van der Waals surface area contributed by atoms with Crippen LogP contribution in [-0.2, 0) is 13.1 Å². The van der Waals surface area contributed by atoms with Gasteiger partial charge in [-0.3, -0.25) is 4.79 Å². The van der Waals surface area contributed by atoms with E-state index in [2.05, 4.69) is 25.7 Å². The molecule has 17 heavy (non-hydrogen) atoms. The van der Waals surface area contributed by atoms with E-state index in [-0.39, 0.29) is 5.56 Å². The first-order chi connectivity index (χ1) is 8.09. The van der Waals surface area contributed by atoms with E-state index in [1.165, 1.54) is 0 Å². The maximum atomic E-state index is 12.1. The monoisotopic (exact) mass is 230 g/mol. The molecule has 0 aliphatic carbocycles. The minimum Gasteiger partial charge on any atom is -0.384 e. The van der Waals surface area contributed by atoms with Gasteiger partial charge in [0.15, 0.2) is 0 Å². The van der Waals surface area contributed by atoms with Crippen molar-refractivity contribution in [2.75, 3.05) is 0 Å². The van der Waals surface area contributed by atoms with E-state index < -0.39 is 0 Å². The lowest BCUT2D eigenvalue weighted by molar-refractivity contribution is 0.647. The van der Waals surface area contributed by atoms with E-state index in [0.29, 0.717) is 19.0 Å². The second kappa shape index (κ2) is 4.62. The van der Waals surface area contributed by atoms with Crippen molar-refractivity contribution < 1.29 is 0 Å². The van der Waals surface area contributed by atoms with Gasteiger partial charge >= 0.3 is 0 Å². The van der Waals surface area contributed by atoms with Crippen molar-refractivity contribution in [1.29, 1.82) is 0 Å². The summed E-state index contributed by atoms with van der Waals surface area (Å²) < 4.78 is 1.79. The average Bonchev–Trinajstić information content (AvgIpc) is 2.76. The van der Waals surface area contributed by atoms with Crippen LogP contribution in [0.4, 0.5) is 0 Å². The van der Waals surface area contributed by atoms with Gasteiger partial charge in [0.25, 0.3) is 5.56 Å². The third-order valence-corrected chi connectivity index (χ3v) is 3.07. The fraction of sp³-hybridized carbons (Fsp3) is 0.357. The molecule has 0 radical (unpaired) electrons. The third-order valence-electron chi connectivity index (χ3n) is 3.07. The second-order valence-corrected chi connectivity index (χ2v) is 4.64. The normalized spacial score (nSPS) is 12.9. The Morgan fingerprint density at radius 3 is 3.00 bits per heavy atom. The Bertz CT molecular complexity index is 524. The van der Waals surface area contributed by atoms with Crippen LogP contribution in [0, 0.1) is 5.92 Å². The van der Waals surface area contributed by atoms with E-state index in [1.807, 2.05) is 24.3 Å². The highest BCUT2D eigenvalue weighted by Gasteiger charge is 2.10. The molecule has 3 heteroatoms. The molecule has 0 saturated carbocycles. The molecule has 0 aromatic carbocycles. The van der Waals surface area contributed by atoms with Gasteiger partial charge in [0.05, 0.1) is 0 Å². The van der Waals surface area contributed by atoms with Gasteiger partial charge in [-0.2, -0.15) is 0 Å². The summed E-state index contributed by atoms with van der Waals surface area (Å²) in [6.07, 6.45) is 3.98. The van der Waals surface area contributed by atoms with Crippen molar-refractivity contribution in [3.63, 3.8) is 0 Å². The lowest BCUT2D eigenvalue weighted by Gasteiger charge is -2.13. The topological polar surface area (TPSA) is 34.0 Å². The zero-order chi connectivity index (χ0) is 12.4. The van der Waals surface area contributed by atoms with Crippen LogP contribution in [0.5, 0.6) is 0 Å². The summed E-state index contributed by atoms with van der Waals surface area (Å²) in [5.74, 6) is 0.383. The second-order valence-electron chi connectivity index (χ2n) is 4.64. The van der Waals surface area contributed by atoms with Gasteiger partial charge in [0.2, 0.25) is 0 Å². The zero-order valence-corrected chi connectivity index (χ0v) is 10.4. The molecular weight excluding hydrogens is 212 g/mol. The van der Waals surface area contributed by atoms with E-state index in [0.717, 1.165) is 17.0 Å². The summed E-state index contributed by atoms with van der Waals surface area (Å²) in [7, 11) is 0. The van der Waals surface area contributed by atoms with Gasteiger partial charge in [-0.05, 0) is 24.1 Å². The summed E-state index contributed by atoms with van der Waals surface area (Å²) in [6, 6.07) is 3.88. The molecule has 1 aromatic rings. The first-order valence-electron chi connectivity index (χ1n) is 5.91. The molecule has 0 fully saturated rings. The molecule has 0 unspecified atom stereocenters. The molecule has 1 aromatic heterocycles. The van der Waals surface area contributed by atoms with Gasteiger partial charge in [0, 0.05) is 30.0 Å². The van der Waals surface area contributed by atoms with E-state index in [1.54, 1.807) is 4.57 Å². The van der Waals surface area contributed by atoms with Gasteiger partial charge in [-0.1, -0.05) is 26.5 Å². The van der Waals surface area contributed by atoms with Crippen molar-refractivity contribution in [1.82, 2.24) is 9.88 Å². The summed E-state index contributed by atoms with van der Waals surface area (Å²) in [5.41, 5.74) is 2.84. The Morgan fingerprint density at radius 1 is 1.53 bits per heavy atom. The van der Waals surface area contributed by atoms with Crippen LogP contribution in [-0.4, -0.2) is 4.57 Å². The molecule has 0 spiro atoms. The number of rotatable bonds is 4. The van der Waals surface area contributed by atoms with E-state index in [9.17, 15) is 4.79 Å². The maximum Gasteiger partial charge on any atom is 0.256 e. The highest BCUT2D eigenvalue weighted by molar-refractivity contribution is 5.49. The van der Waals surface area contributed by atoms with Crippen LogP contribution in [0.3, 0.4) is 0 Å². The minimum atomic E-state index is 0.0940. The van der Waals surface area contributed by atoms with Crippen LogP contribution in [0.1, 0.15) is 25.1 Å². The zero-order valence-electron chi connectivity index (χ0n) is 10.4. The molecule has 0 amide bonds. The summed E-state index contributed by atoms with van der Waals surface area (Å²) in [4.78, 5) is 12.1. The lowest BCUT2D eigenvalue weighted by atomic mass is 10.1. The number of fused-ring (bicyclic) bond motifs is 1. The Morgan fingerprint density at radius 2 is 2.29 bits per heavy atom. The lowest BCUT2D eigenvalue weighted by Crippen LogP contribution is -2.27. The van der Waals surface area contributed by atoms with Gasteiger partial charge in [0.1, 0.15) is 0 Å². The smallest absolute Gasteiger partial charge is 0.256 e. The van der Waals surface area contributed by atoms with Crippen LogP contribution in [0.15, 0.2) is 35.3 Å². The van der Waals surface area contributed by atoms with E-state index >= 15 is 0 Å². The van der Waals surface area contributed by atoms with Crippen molar-refractivity contribution >= 4 is 6.08 Å². The Kier molecular flexibility index (Phi) is 3.18. The van der Waals surface area contributed by atoms with Gasteiger partial charge in [-0.25, -0.2) is 0 Å². The standard InChI is InChI=1S/C14H18N2O/c1-10(2)11(3)15-9-12-6-7-13-5-4-8-16(13)14(12)17/h4-7,10,15H,3,8-9H2,1-2H3. The molecule has 2 heterocycles. The largest absolute Gasteiger partial charge is 0.384 e. The molecule has 3 nitrogen and oxygen atoms in total. The first-order valence-corrected chi connectivity index (χ1v) is 5.91. The predicted molar refractivity (Wildman–Crippen MR) is 70.6 cm³/mol. The van der Waals surface area contributed by atoms with Crippen molar-refractivity contribution in [2.24, 2.45) is 5.92 Å². The van der Waals surface area contributed by atoms with Gasteiger partial charge in [-0.15, -0.1) is 0 Å². The summed E-state index contributed by atoms with van der Waals surface area (Å²) >= 11 is 0. The van der Waals surface area contributed by atoms with Crippen molar-refractivity contribution in [2.45, 2.75) is 26.9 Å². The fourth-order valence-corrected chi connectivity index (χ4v) is 1.80. The number of pyridine rings is 1. The number of nitrogens with one attached hydrogen (secondary N) is 1. The molecule has 2 rings (SSSR count). The SMILES string of the molecule is C=C(NCc1ccc2n(c1=O)CC=C2)C(C)C. The molecule has 90 valence electrons. The maximum absolute atomic E-state index is 12.1. The Balaban J connectivity index is 2.14. The first kappa shape index (κ1) is 11.7. The number of allylic oxidation sites excluding steroid dienone is 2. The van der Waals surface area contributed by atoms with E-state index in [4.69, 9.17) is 0 Å². The number of nitrogens with zero attached hydrogens (tertiary/aromatic N) is 1. The molecule has 0 atom stereocenters. The Hall–Kier alpha value is -1.77. The van der Waals surface area contributed by atoms with Crippen LogP contribution >= 0.6 is 0 Å². The van der Waals surface area contributed by atoms with Crippen molar-refractivity contribution in [3.05, 3.63) is 52.1 Å². The van der Waals surface area contributed by atoms with Gasteiger partial charge < -0.3 is 9.88 Å². The predicted octanol–water partition coefficient (Wildman–Crippen LogP) is 2.13. The summed E-state index contributed by atoms with van der Waals surface area (Å²) in [5, 5.41) is 3.20. The molecule has 0 bridgehead atoms. The molecule has 1 aliphatic heterocycles. The van der Waals surface area contributed by atoms with Crippen LogP contribution in [0.2, 0.25) is 0 Å². The molecule has 1 N–H and O–H groups in total. The number of hydrogen-bond donors (Lipinski definition) is 1. The van der Waals surface area contributed by atoms with Crippen molar-refractivity contribution in [3.8, 4) is 0 Å². The van der Waals surface area contributed by atoms with Crippen LogP contribution in [0.25, 0.3) is 6.08 Å². The fourth-order valence-electron chi connectivity index (χ4n) is 1.80. The molecule has 1 aliphatic rings. The third kappa shape index (κ3) is 2.33. The Labute approximate surface area is 101 Å². The number of aromatic nitrogens is 1. The molecular formula is C14H18N2O. The number of hydrogen-bond acceptors (Lipinski definition) is 2. The highest BCUT2D eigenvalue weighted by Crippen LogP contribution is 2.09.